The fourth-order valence-corrected chi connectivity index (χ4v) is 1.84. The molecule has 2 aromatic rings. The minimum atomic E-state index is -0.761. The van der Waals surface area contributed by atoms with Crippen molar-refractivity contribution in [2.45, 2.75) is 6.92 Å². The van der Waals surface area contributed by atoms with Crippen molar-refractivity contribution >= 4 is 22.8 Å². The molecule has 0 amide bonds. The molecule has 9 heteroatoms. The van der Waals surface area contributed by atoms with Crippen molar-refractivity contribution in [2.24, 2.45) is 5.10 Å². The molecule has 0 aliphatic heterocycles. The normalized spacial score (nSPS) is 11.1. The molecule has 0 aliphatic carbocycles. The van der Waals surface area contributed by atoms with Gasteiger partial charge in [-0.3, -0.25) is 25.7 Å². The Morgan fingerprint density at radius 3 is 2.43 bits per heavy atom. The number of non-ortho nitro benzene ring substituents is 1. The molecule has 23 heavy (non-hydrogen) atoms. The first-order chi connectivity index (χ1) is 10.9. The standard InChI is InChI=1S/C14H11FN4O4/c1-9(11-4-2-3-5-12(11)15)16-17-13-7-6-10(18(20)21)8-14(13)19(22)23/h2-8,17H,1H3/b16-9+. The lowest BCUT2D eigenvalue weighted by molar-refractivity contribution is -0.393. The predicted molar refractivity (Wildman–Crippen MR) is 82.0 cm³/mol. The van der Waals surface area contributed by atoms with Gasteiger partial charge in [-0.15, -0.1) is 0 Å². The number of anilines is 1. The van der Waals surface area contributed by atoms with Crippen LogP contribution in [0.5, 0.6) is 0 Å². The van der Waals surface area contributed by atoms with Crippen LogP contribution >= 0.6 is 0 Å². The summed E-state index contributed by atoms with van der Waals surface area (Å²) in [7, 11) is 0. The number of halogens is 1. The fraction of sp³-hybridized carbons (Fsp3) is 0.0714. The second-order valence-corrected chi connectivity index (χ2v) is 4.50. The van der Waals surface area contributed by atoms with Gasteiger partial charge in [-0.05, 0) is 19.1 Å². The third-order valence-electron chi connectivity index (χ3n) is 3.00. The monoisotopic (exact) mass is 318 g/mol. The molecule has 2 aromatic carbocycles. The Bertz CT molecular complexity index is 807. The van der Waals surface area contributed by atoms with Crippen LogP contribution < -0.4 is 5.43 Å². The molecule has 0 aromatic heterocycles. The molecule has 0 unspecified atom stereocenters. The van der Waals surface area contributed by atoms with E-state index in [-0.39, 0.29) is 17.0 Å². The number of benzene rings is 2. The molecular weight excluding hydrogens is 307 g/mol. The quantitative estimate of drug-likeness (QED) is 0.515. The highest BCUT2D eigenvalue weighted by Crippen LogP contribution is 2.29. The van der Waals surface area contributed by atoms with Gasteiger partial charge in [-0.2, -0.15) is 5.10 Å². The van der Waals surface area contributed by atoms with Crippen molar-refractivity contribution in [2.75, 3.05) is 5.43 Å². The highest BCUT2D eigenvalue weighted by atomic mass is 19.1. The maximum atomic E-state index is 13.6. The van der Waals surface area contributed by atoms with Crippen molar-refractivity contribution in [1.29, 1.82) is 0 Å². The molecule has 0 saturated carbocycles. The second-order valence-electron chi connectivity index (χ2n) is 4.50. The molecule has 8 nitrogen and oxygen atoms in total. The first-order valence-electron chi connectivity index (χ1n) is 6.38. The molecule has 0 heterocycles. The largest absolute Gasteiger partial charge is 0.301 e. The van der Waals surface area contributed by atoms with Gasteiger partial charge in [0.2, 0.25) is 0 Å². The van der Waals surface area contributed by atoms with Crippen LogP contribution in [0.1, 0.15) is 12.5 Å². The van der Waals surface area contributed by atoms with E-state index < -0.39 is 27.0 Å². The number of nitrogens with one attached hydrogen (secondary N) is 1. The van der Waals surface area contributed by atoms with Crippen LogP contribution in [0.25, 0.3) is 0 Å². The van der Waals surface area contributed by atoms with Crippen LogP contribution in [0.2, 0.25) is 0 Å². The Labute approximate surface area is 129 Å². The first-order valence-corrected chi connectivity index (χ1v) is 6.38. The average molecular weight is 318 g/mol. The molecule has 0 spiro atoms. The smallest absolute Gasteiger partial charge is 0.271 e. The summed E-state index contributed by atoms with van der Waals surface area (Å²) in [5, 5.41) is 25.6. The summed E-state index contributed by atoms with van der Waals surface area (Å²) >= 11 is 0. The topological polar surface area (TPSA) is 111 Å². The predicted octanol–water partition coefficient (Wildman–Crippen LogP) is 3.48. The van der Waals surface area contributed by atoms with Crippen LogP contribution in [0.4, 0.5) is 21.5 Å². The molecule has 0 atom stereocenters. The number of hydrogen-bond acceptors (Lipinski definition) is 6. The van der Waals surface area contributed by atoms with E-state index in [2.05, 4.69) is 10.5 Å². The van der Waals surface area contributed by atoms with Gasteiger partial charge in [0.05, 0.1) is 21.6 Å². The van der Waals surface area contributed by atoms with Crippen molar-refractivity contribution in [3.8, 4) is 0 Å². The summed E-state index contributed by atoms with van der Waals surface area (Å²) in [5.41, 5.74) is 2.02. The van der Waals surface area contributed by atoms with E-state index in [0.717, 1.165) is 12.1 Å². The zero-order valence-electron chi connectivity index (χ0n) is 11.9. The third kappa shape index (κ3) is 3.64. The lowest BCUT2D eigenvalue weighted by atomic mass is 10.1. The van der Waals surface area contributed by atoms with E-state index in [4.69, 9.17) is 0 Å². The lowest BCUT2D eigenvalue weighted by Gasteiger charge is -2.05. The van der Waals surface area contributed by atoms with Crippen molar-refractivity contribution < 1.29 is 14.2 Å². The van der Waals surface area contributed by atoms with Crippen LogP contribution in [0.15, 0.2) is 47.6 Å². The molecule has 1 N–H and O–H groups in total. The van der Waals surface area contributed by atoms with Gasteiger partial charge in [-0.25, -0.2) is 4.39 Å². The number of nitro groups is 2. The van der Waals surface area contributed by atoms with Crippen molar-refractivity contribution in [3.05, 3.63) is 74.1 Å². The minimum absolute atomic E-state index is 0.0312. The number of nitrogens with zero attached hydrogens (tertiary/aromatic N) is 3. The highest BCUT2D eigenvalue weighted by molar-refractivity contribution is 5.99. The van der Waals surface area contributed by atoms with Gasteiger partial charge in [0.25, 0.3) is 5.69 Å². The zero-order chi connectivity index (χ0) is 17.0. The highest BCUT2D eigenvalue weighted by Gasteiger charge is 2.19. The maximum Gasteiger partial charge on any atom is 0.301 e. The van der Waals surface area contributed by atoms with Gasteiger partial charge in [-0.1, -0.05) is 18.2 Å². The Morgan fingerprint density at radius 2 is 1.83 bits per heavy atom. The molecule has 118 valence electrons. The van der Waals surface area contributed by atoms with Crippen LogP contribution in [-0.4, -0.2) is 15.6 Å². The molecule has 0 fully saturated rings. The van der Waals surface area contributed by atoms with Crippen LogP contribution in [-0.2, 0) is 0 Å². The second kappa shape index (κ2) is 6.60. The van der Waals surface area contributed by atoms with Gasteiger partial charge >= 0.3 is 5.69 Å². The Balaban J connectivity index is 2.33. The Kier molecular flexibility index (Phi) is 4.60. The number of hydrazone groups is 1. The van der Waals surface area contributed by atoms with Gasteiger partial charge in [0.15, 0.2) is 0 Å². The van der Waals surface area contributed by atoms with E-state index in [0.29, 0.717) is 0 Å². The SMILES string of the molecule is C/C(=N\Nc1ccc([N+](=O)[O-])cc1[N+](=O)[O-])c1ccccc1F. The van der Waals surface area contributed by atoms with Crippen LogP contribution in [0, 0.1) is 26.0 Å². The summed E-state index contributed by atoms with van der Waals surface area (Å²) in [5.74, 6) is -0.478. The summed E-state index contributed by atoms with van der Waals surface area (Å²) in [4.78, 5) is 20.2. The fourth-order valence-electron chi connectivity index (χ4n) is 1.84. The Morgan fingerprint density at radius 1 is 1.13 bits per heavy atom. The number of rotatable bonds is 5. The van der Waals surface area contributed by atoms with Gasteiger partial charge in [0, 0.05) is 11.6 Å². The molecule has 0 aliphatic rings. The zero-order valence-corrected chi connectivity index (χ0v) is 11.9. The van der Waals surface area contributed by atoms with E-state index in [1.54, 1.807) is 6.07 Å². The average Bonchev–Trinajstić information content (AvgIpc) is 2.52. The number of hydrogen-bond donors (Lipinski definition) is 1. The molecule has 0 saturated heterocycles. The van der Waals surface area contributed by atoms with E-state index in [1.165, 1.54) is 31.2 Å². The van der Waals surface area contributed by atoms with E-state index >= 15 is 0 Å². The summed E-state index contributed by atoms with van der Waals surface area (Å²) in [6, 6.07) is 9.06. The van der Waals surface area contributed by atoms with Gasteiger partial charge in [0.1, 0.15) is 11.5 Å². The Hall–Kier alpha value is -3.36. The number of nitro benzene ring substituents is 2. The molecule has 0 bridgehead atoms. The lowest BCUT2D eigenvalue weighted by Crippen LogP contribution is -2.04. The maximum absolute atomic E-state index is 13.6. The van der Waals surface area contributed by atoms with Crippen molar-refractivity contribution in [3.63, 3.8) is 0 Å². The molecule has 2 rings (SSSR count). The van der Waals surface area contributed by atoms with Crippen LogP contribution in [0.3, 0.4) is 0 Å². The minimum Gasteiger partial charge on any atom is -0.271 e. The molecule has 0 radical (unpaired) electrons. The van der Waals surface area contributed by atoms with Gasteiger partial charge < -0.3 is 0 Å². The van der Waals surface area contributed by atoms with E-state index in [1.807, 2.05) is 0 Å². The summed E-state index contributed by atoms with van der Waals surface area (Å²) < 4.78 is 13.6. The van der Waals surface area contributed by atoms with Crippen molar-refractivity contribution in [1.82, 2.24) is 0 Å². The summed E-state index contributed by atoms with van der Waals surface area (Å²) in [6.07, 6.45) is 0. The first kappa shape index (κ1) is 16.0. The third-order valence-corrected chi connectivity index (χ3v) is 3.00. The van der Waals surface area contributed by atoms with E-state index in [9.17, 15) is 24.6 Å². The molecular formula is C14H11FN4O4. The summed E-state index contributed by atoms with van der Waals surface area (Å²) in [6.45, 7) is 1.53.